The fourth-order valence-electron chi connectivity index (χ4n) is 2.18. The Morgan fingerprint density at radius 1 is 1.33 bits per heavy atom. The van der Waals surface area contributed by atoms with Gasteiger partial charge in [0.05, 0.1) is 0 Å². The van der Waals surface area contributed by atoms with Crippen molar-refractivity contribution in [2.75, 3.05) is 20.1 Å². The first-order valence-corrected chi connectivity index (χ1v) is 6.19. The Morgan fingerprint density at radius 2 is 1.89 bits per heavy atom. The zero-order chi connectivity index (χ0) is 14.1. The number of piperazine rings is 1. The van der Waals surface area contributed by atoms with Crippen molar-refractivity contribution in [3.8, 4) is 0 Å². The lowest BCUT2D eigenvalue weighted by Crippen LogP contribution is -2.62. The van der Waals surface area contributed by atoms with Crippen molar-refractivity contribution >= 4 is 5.91 Å². The molecule has 0 aromatic heterocycles. The van der Waals surface area contributed by atoms with E-state index in [9.17, 15) is 18.0 Å². The van der Waals surface area contributed by atoms with Crippen LogP contribution < -0.4 is 0 Å². The molecule has 1 aliphatic heterocycles. The molecule has 1 fully saturated rings. The summed E-state index contributed by atoms with van der Waals surface area (Å²) in [5.74, 6) is -0.0176. The average Bonchev–Trinajstić information content (AvgIpc) is 2.18. The van der Waals surface area contributed by atoms with Crippen LogP contribution in [-0.4, -0.2) is 54.1 Å². The number of halogens is 3. The van der Waals surface area contributed by atoms with Gasteiger partial charge in [-0.2, -0.15) is 13.2 Å². The van der Waals surface area contributed by atoms with E-state index in [2.05, 4.69) is 0 Å². The predicted molar refractivity (Wildman–Crippen MR) is 63.1 cm³/mol. The van der Waals surface area contributed by atoms with Gasteiger partial charge in [-0.15, -0.1) is 0 Å². The van der Waals surface area contributed by atoms with Crippen LogP contribution in [0.1, 0.15) is 27.2 Å². The van der Waals surface area contributed by atoms with Gasteiger partial charge >= 0.3 is 6.18 Å². The minimum Gasteiger partial charge on any atom is -0.339 e. The molecule has 1 heterocycles. The Hall–Kier alpha value is -0.780. The lowest BCUT2D eigenvalue weighted by atomic mass is 10.0. The number of likely N-dealkylation sites (N-methyl/N-ethyl adjacent to an activating group) is 1. The van der Waals surface area contributed by atoms with Crippen LogP contribution in [-0.2, 0) is 4.79 Å². The number of amides is 1. The number of rotatable bonds is 2. The lowest BCUT2D eigenvalue weighted by molar-refractivity contribution is -0.201. The fraction of sp³-hybridized carbons (Fsp3) is 0.917. The molecule has 0 aromatic carbocycles. The van der Waals surface area contributed by atoms with Crippen molar-refractivity contribution in [2.45, 2.75) is 45.5 Å². The molecule has 0 aromatic rings. The Kier molecular flexibility index (Phi) is 4.64. The first kappa shape index (κ1) is 15.3. The highest BCUT2D eigenvalue weighted by molar-refractivity contribution is 5.76. The first-order chi connectivity index (χ1) is 8.12. The molecule has 2 atom stereocenters. The highest BCUT2D eigenvalue weighted by Crippen LogP contribution is 2.29. The minimum absolute atomic E-state index is 0.164. The van der Waals surface area contributed by atoms with Crippen molar-refractivity contribution < 1.29 is 18.0 Å². The molecule has 0 radical (unpaired) electrons. The van der Waals surface area contributed by atoms with Gasteiger partial charge in [-0.05, 0) is 19.9 Å². The molecule has 2 unspecified atom stereocenters. The second kappa shape index (κ2) is 5.47. The van der Waals surface area contributed by atoms with E-state index in [1.54, 1.807) is 6.92 Å². The summed E-state index contributed by atoms with van der Waals surface area (Å²) in [4.78, 5) is 14.5. The van der Waals surface area contributed by atoms with Crippen LogP contribution in [0, 0.1) is 5.92 Å². The minimum atomic E-state index is -4.29. The Morgan fingerprint density at radius 3 is 2.33 bits per heavy atom. The summed E-state index contributed by atoms with van der Waals surface area (Å²) in [6, 6.07) is -1.83. The summed E-state index contributed by atoms with van der Waals surface area (Å²) in [7, 11) is 1.47. The van der Waals surface area contributed by atoms with Crippen molar-refractivity contribution in [1.29, 1.82) is 0 Å². The van der Waals surface area contributed by atoms with Crippen LogP contribution in [0.5, 0.6) is 0 Å². The van der Waals surface area contributed by atoms with Crippen LogP contribution in [0.25, 0.3) is 0 Å². The molecule has 0 N–H and O–H groups in total. The number of carbonyl (C=O) groups excluding carboxylic acids is 1. The standard InChI is InChI=1S/C12H21F3N2O/c1-8(2)5-11(18)17-6-9(3)16(4)10(7-17)12(13,14)15/h8-10H,5-7H2,1-4H3. The molecule has 1 aliphatic rings. The SMILES string of the molecule is CC(C)CC(=O)N1CC(C)N(C)C(C(F)(F)F)C1. The molecule has 1 amide bonds. The Labute approximate surface area is 106 Å². The first-order valence-electron chi connectivity index (χ1n) is 6.19. The van der Waals surface area contributed by atoms with Gasteiger partial charge in [0.2, 0.25) is 5.91 Å². The monoisotopic (exact) mass is 266 g/mol. The largest absolute Gasteiger partial charge is 0.405 e. The van der Waals surface area contributed by atoms with Crippen LogP contribution in [0.3, 0.4) is 0 Å². The zero-order valence-electron chi connectivity index (χ0n) is 11.3. The quantitative estimate of drug-likeness (QED) is 0.764. The van der Waals surface area contributed by atoms with Gasteiger partial charge in [-0.1, -0.05) is 13.8 Å². The molecule has 0 spiro atoms. The second-order valence-corrected chi connectivity index (χ2v) is 5.47. The molecule has 3 nitrogen and oxygen atoms in total. The normalized spacial score (nSPS) is 26.8. The Balaban J connectivity index is 2.77. The number of alkyl halides is 3. The average molecular weight is 266 g/mol. The van der Waals surface area contributed by atoms with Crippen molar-refractivity contribution in [3.05, 3.63) is 0 Å². The smallest absolute Gasteiger partial charge is 0.339 e. The summed E-state index contributed by atoms with van der Waals surface area (Å²) in [5.41, 5.74) is 0. The third-order valence-electron chi connectivity index (χ3n) is 3.38. The zero-order valence-corrected chi connectivity index (χ0v) is 11.3. The summed E-state index contributed by atoms with van der Waals surface area (Å²) in [5, 5.41) is 0. The van der Waals surface area contributed by atoms with E-state index in [0.29, 0.717) is 13.0 Å². The van der Waals surface area contributed by atoms with E-state index >= 15 is 0 Å². The van der Waals surface area contributed by atoms with Crippen molar-refractivity contribution in [3.63, 3.8) is 0 Å². The molecule has 1 saturated heterocycles. The number of hydrogen-bond acceptors (Lipinski definition) is 2. The lowest BCUT2D eigenvalue weighted by Gasteiger charge is -2.44. The number of hydrogen-bond donors (Lipinski definition) is 0. The highest BCUT2D eigenvalue weighted by Gasteiger charge is 2.47. The maximum Gasteiger partial charge on any atom is 0.405 e. The predicted octanol–water partition coefficient (Wildman–Crippen LogP) is 2.13. The second-order valence-electron chi connectivity index (χ2n) is 5.47. The fourth-order valence-corrected chi connectivity index (χ4v) is 2.18. The van der Waals surface area contributed by atoms with E-state index in [0.717, 1.165) is 0 Å². The summed E-state index contributed by atoms with van der Waals surface area (Å²) >= 11 is 0. The van der Waals surface area contributed by atoms with Gasteiger partial charge in [-0.3, -0.25) is 9.69 Å². The van der Waals surface area contributed by atoms with Crippen LogP contribution in [0.2, 0.25) is 0 Å². The molecule has 106 valence electrons. The molecule has 18 heavy (non-hydrogen) atoms. The van der Waals surface area contributed by atoms with Gasteiger partial charge in [0.25, 0.3) is 0 Å². The van der Waals surface area contributed by atoms with Crippen molar-refractivity contribution in [2.24, 2.45) is 5.92 Å². The Bertz CT molecular complexity index is 304. The molecular formula is C12H21F3N2O. The van der Waals surface area contributed by atoms with Gasteiger partial charge in [0.15, 0.2) is 0 Å². The molecular weight excluding hydrogens is 245 g/mol. The number of carbonyl (C=O) groups is 1. The highest BCUT2D eigenvalue weighted by atomic mass is 19.4. The van der Waals surface area contributed by atoms with Gasteiger partial charge in [0, 0.05) is 25.6 Å². The van der Waals surface area contributed by atoms with Gasteiger partial charge in [-0.25, -0.2) is 0 Å². The molecule has 6 heteroatoms. The van der Waals surface area contributed by atoms with E-state index in [-0.39, 0.29) is 24.4 Å². The van der Waals surface area contributed by atoms with E-state index in [1.807, 2.05) is 13.8 Å². The summed E-state index contributed by atoms with van der Waals surface area (Å²) in [6.07, 6.45) is -3.99. The molecule has 0 saturated carbocycles. The molecule has 0 bridgehead atoms. The van der Waals surface area contributed by atoms with E-state index in [1.165, 1.54) is 16.8 Å². The third kappa shape index (κ3) is 3.60. The van der Waals surface area contributed by atoms with Crippen LogP contribution in [0.15, 0.2) is 0 Å². The molecule has 1 rings (SSSR count). The van der Waals surface area contributed by atoms with Gasteiger partial charge in [0.1, 0.15) is 6.04 Å². The van der Waals surface area contributed by atoms with Crippen LogP contribution >= 0.6 is 0 Å². The summed E-state index contributed by atoms with van der Waals surface area (Å²) < 4.78 is 38.7. The molecule has 0 aliphatic carbocycles. The topological polar surface area (TPSA) is 23.6 Å². The van der Waals surface area contributed by atoms with E-state index < -0.39 is 12.2 Å². The number of nitrogens with zero attached hydrogens (tertiary/aromatic N) is 2. The summed E-state index contributed by atoms with van der Waals surface area (Å²) in [6.45, 7) is 5.61. The van der Waals surface area contributed by atoms with Gasteiger partial charge < -0.3 is 4.90 Å². The maximum absolute atomic E-state index is 12.9. The van der Waals surface area contributed by atoms with E-state index in [4.69, 9.17) is 0 Å². The third-order valence-corrected chi connectivity index (χ3v) is 3.38. The van der Waals surface area contributed by atoms with Crippen molar-refractivity contribution in [1.82, 2.24) is 9.80 Å². The van der Waals surface area contributed by atoms with Crippen LogP contribution in [0.4, 0.5) is 13.2 Å². The maximum atomic E-state index is 12.9.